The van der Waals surface area contributed by atoms with Crippen molar-refractivity contribution in [3.63, 3.8) is 0 Å². The van der Waals surface area contributed by atoms with Gasteiger partial charge in [-0.25, -0.2) is 0 Å². The van der Waals surface area contributed by atoms with E-state index in [9.17, 15) is 4.79 Å². The molecule has 0 bridgehead atoms. The largest absolute Gasteiger partial charge is 0.312 e. The van der Waals surface area contributed by atoms with Gasteiger partial charge in [-0.2, -0.15) is 0 Å². The first-order chi connectivity index (χ1) is 7.70. The van der Waals surface area contributed by atoms with Gasteiger partial charge in [0.05, 0.1) is 0 Å². The summed E-state index contributed by atoms with van der Waals surface area (Å²) in [7, 11) is 0. The lowest BCUT2D eigenvalue weighted by atomic mass is 10.1. The third-order valence-corrected chi connectivity index (χ3v) is 2.89. The summed E-state index contributed by atoms with van der Waals surface area (Å²) in [6.07, 6.45) is 1.48. The number of rotatable bonds is 3. The lowest BCUT2D eigenvalue weighted by Gasteiger charge is -2.04. The first-order valence-electron chi connectivity index (χ1n) is 5.62. The van der Waals surface area contributed by atoms with Crippen LogP contribution in [0.2, 0.25) is 0 Å². The van der Waals surface area contributed by atoms with Crippen molar-refractivity contribution in [3.05, 3.63) is 35.4 Å². The van der Waals surface area contributed by atoms with Crippen LogP contribution in [0.1, 0.15) is 24.5 Å². The minimum absolute atomic E-state index is 0.0334. The van der Waals surface area contributed by atoms with Crippen molar-refractivity contribution < 1.29 is 4.79 Å². The van der Waals surface area contributed by atoms with E-state index in [0.29, 0.717) is 0 Å². The molecular weight excluding hydrogens is 200 g/mol. The molecule has 0 aliphatic carbocycles. The van der Waals surface area contributed by atoms with Crippen LogP contribution in [-0.4, -0.2) is 17.8 Å². The third-order valence-electron chi connectivity index (χ3n) is 2.89. The molecule has 1 aliphatic heterocycles. The Balaban J connectivity index is 2.12. The molecule has 16 heavy (non-hydrogen) atoms. The first kappa shape index (κ1) is 10.9. The standard InChI is InChI=1S/C13H16N2O/c1-3-11-13(16)15-12(14-11)8-10-7-5-4-6-9(10)2/h4-7,11H,3,8H2,1-2H3,(H,14,15,16). The predicted molar refractivity (Wildman–Crippen MR) is 64.5 cm³/mol. The maximum Gasteiger partial charge on any atom is 0.250 e. The van der Waals surface area contributed by atoms with E-state index in [4.69, 9.17) is 0 Å². The fourth-order valence-electron chi connectivity index (χ4n) is 1.86. The number of benzene rings is 1. The zero-order valence-electron chi connectivity index (χ0n) is 9.66. The number of hydrogen-bond donors (Lipinski definition) is 1. The van der Waals surface area contributed by atoms with Crippen molar-refractivity contribution in [1.82, 2.24) is 5.32 Å². The molecule has 0 saturated heterocycles. The van der Waals surface area contributed by atoms with Crippen LogP contribution >= 0.6 is 0 Å². The highest BCUT2D eigenvalue weighted by molar-refractivity contribution is 6.06. The number of hydrogen-bond acceptors (Lipinski definition) is 2. The van der Waals surface area contributed by atoms with Gasteiger partial charge in [-0.3, -0.25) is 9.79 Å². The molecule has 84 valence electrons. The summed E-state index contributed by atoms with van der Waals surface area (Å²) in [4.78, 5) is 15.8. The molecule has 1 heterocycles. The van der Waals surface area contributed by atoms with E-state index in [1.54, 1.807) is 0 Å². The minimum Gasteiger partial charge on any atom is -0.312 e. The molecule has 0 saturated carbocycles. The van der Waals surface area contributed by atoms with Crippen molar-refractivity contribution >= 4 is 11.7 Å². The number of nitrogens with one attached hydrogen (secondary N) is 1. The van der Waals surface area contributed by atoms with Crippen molar-refractivity contribution in [2.24, 2.45) is 4.99 Å². The van der Waals surface area contributed by atoms with Gasteiger partial charge in [-0.05, 0) is 24.5 Å². The molecule has 0 aromatic heterocycles. The maximum absolute atomic E-state index is 11.5. The molecule has 1 aromatic rings. The Bertz CT molecular complexity index is 437. The Kier molecular flexibility index (Phi) is 3.04. The molecule has 1 N–H and O–H groups in total. The summed E-state index contributed by atoms with van der Waals surface area (Å²) in [6, 6.07) is 7.99. The fraction of sp³-hybridized carbons (Fsp3) is 0.385. The molecule has 1 unspecified atom stereocenters. The summed E-state index contributed by atoms with van der Waals surface area (Å²) >= 11 is 0. The van der Waals surface area contributed by atoms with Crippen LogP contribution in [0.3, 0.4) is 0 Å². The maximum atomic E-state index is 11.5. The summed E-state index contributed by atoms with van der Waals surface area (Å²) < 4.78 is 0. The summed E-state index contributed by atoms with van der Waals surface area (Å²) in [6.45, 7) is 4.05. The van der Waals surface area contributed by atoms with Crippen molar-refractivity contribution in [3.8, 4) is 0 Å². The van der Waals surface area contributed by atoms with Gasteiger partial charge >= 0.3 is 0 Å². The van der Waals surface area contributed by atoms with Crippen LogP contribution in [0.4, 0.5) is 0 Å². The molecule has 1 aliphatic rings. The highest BCUT2D eigenvalue weighted by Gasteiger charge is 2.24. The topological polar surface area (TPSA) is 41.5 Å². The van der Waals surface area contributed by atoms with Crippen LogP contribution in [0, 0.1) is 6.92 Å². The Morgan fingerprint density at radius 1 is 1.38 bits per heavy atom. The number of carbonyl (C=O) groups is 1. The second kappa shape index (κ2) is 4.47. The van der Waals surface area contributed by atoms with E-state index >= 15 is 0 Å². The van der Waals surface area contributed by atoms with E-state index in [0.717, 1.165) is 18.7 Å². The Labute approximate surface area is 95.6 Å². The average Bonchev–Trinajstić information content (AvgIpc) is 2.62. The van der Waals surface area contributed by atoms with E-state index in [1.165, 1.54) is 11.1 Å². The highest BCUT2D eigenvalue weighted by Crippen LogP contribution is 2.11. The van der Waals surface area contributed by atoms with Gasteiger partial charge in [0.1, 0.15) is 11.9 Å². The van der Waals surface area contributed by atoms with Gasteiger partial charge in [0.15, 0.2) is 0 Å². The van der Waals surface area contributed by atoms with Crippen molar-refractivity contribution in [2.45, 2.75) is 32.7 Å². The summed E-state index contributed by atoms with van der Waals surface area (Å²) in [5, 5.41) is 2.84. The molecule has 1 aromatic carbocycles. The molecule has 0 spiro atoms. The number of aryl methyl sites for hydroxylation is 1. The average molecular weight is 216 g/mol. The Hall–Kier alpha value is -1.64. The summed E-state index contributed by atoms with van der Waals surface area (Å²) in [5.74, 6) is 0.831. The van der Waals surface area contributed by atoms with Gasteiger partial charge in [-0.15, -0.1) is 0 Å². The molecule has 1 atom stereocenters. The zero-order valence-corrected chi connectivity index (χ0v) is 9.66. The van der Waals surface area contributed by atoms with E-state index in [2.05, 4.69) is 29.4 Å². The van der Waals surface area contributed by atoms with E-state index in [-0.39, 0.29) is 11.9 Å². The summed E-state index contributed by atoms with van der Waals surface area (Å²) in [5.41, 5.74) is 2.46. The monoisotopic (exact) mass is 216 g/mol. The van der Waals surface area contributed by atoms with Crippen LogP contribution in [0.5, 0.6) is 0 Å². The number of aliphatic imine (C=N–C) groups is 1. The second-order valence-corrected chi connectivity index (χ2v) is 4.09. The normalized spacial score (nSPS) is 19.5. The molecule has 3 nitrogen and oxygen atoms in total. The molecule has 0 radical (unpaired) electrons. The number of carbonyl (C=O) groups excluding carboxylic acids is 1. The third kappa shape index (κ3) is 2.13. The first-order valence-corrected chi connectivity index (χ1v) is 5.62. The van der Waals surface area contributed by atoms with Gasteiger partial charge in [0.25, 0.3) is 0 Å². The molecular formula is C13H16N2O. The highest BCUT2D eigenvalue weighted by atomic mass is 16.2. The Morgan fingerprint density at radius 2 is 2.12 bits per heavy atom. The zero-order chi connectivity index (χ0) is 11.5. The molecule has 2 rings (SSSR count). The van der Waals surface area contributed by atoms with Crippen LogP contribution in [0.15, 0.2) is 29.3 Å². The SMILES string of the molecule is CCC1N=C(Cc2ccccc2C)NC1=O. The second-order valence-electron chi connectivity index (χ2n) is 4.09. The molecule has 1 amide bonds. The number of amidine groups is 1. The lowest BCUT2D eigenvalue weighted by Crippen LogP contribution is -2.29. The van der Waals surface area contributed by atoms with Gasteiger partial charge in [0, 0.05) is 6.42 Å². The quantitative estimate of drug-likeness (QED) is 0.823. The van der Waals surface area contributed by atoms with Crippen molar-refractivity contribution in [1.29, 1.82) is 0 Å². The molecule has 0 fully saturated rings. The Morgan fingerprint density at radius 3 is 2.75 bits per heavy atom. The van der Waals surface area contributed by atoms with E-state index in [1.807, 2.05) is 19.1 Å². The smallest absolute Gasteiger partial charge is 0.250 e. The van der Waals surface area contributed by atoms with Crippen LogP contribution in [0.25, 0.3) is 0 Å². The van der Waals surface area contributed by atoms with Crippen LogP contribution in [-0.2, 0) is 11.2 Å². The minimum atomic E-state index is -0.181. The van der Waals surface area contributed by atoms with Gasteiger partial charge < -0.3 is 5.32 Å². The van der Waals surface area contributed by atoms with Crippen molar-refractivity contribution in [2.75, 3.05) is 0 Å². The van der Waals surface area contributed by atoms with Gasteiger partial charge in [-0.1, -0.05) is 31.2 Å². The number of amides is 1. The van der Waals surface area contributed by atoms with E-state index < -0.39 is 0 Å². The fourth-order valence-corrected chi connectivity index (χ4v) is 1.86. The number of nitrogens with zero attached hydrogens (tertiary/aromatic N) is 1. The lowest BCUT2D eigenvalue weighted by molar-refractivity contribution is -0.120. The van der Waals surface area contributed by atoms with Crippen LogP contribution < -0.4 is 5.32 Å². The predicted octanol–water partition coefficient (Wildman–Crippen LogP) is 1.84. The molecule has 3 heteroatoms. The van der Waals surface area contributed by atoms with Gasteiger partial charge in [0.2, 0.25) is 5.91 Å².